The van der Waals surface area contributed by atoms with Crippen LogP contribution in [0.15, 0.2) is 24.3 Å². The van der Waals surface area contributed by atoms with Gasteiger partial charge in [0.2, 0.25) is 5.91 Å². The van der Waals surface area contributed by atoms with Gasteiger partial charge in [0.25, 0.3) is 5.91 Å². The van der Waals surface area contributed by atoms with E-state index < -0.39 is 0 Å². The van der Waals surface area contributed by atoms with Gasteiger partial charge in [-0.2, -0.15) is 0 Å². The summed E-state index contributed by atoms with van der Waals surface area (Å²) in [5.41, 5.74) is 0.687. The molecule has 1 atom stereocenters. The Kier molecular flexibility index (Phi) is 7.94. The minimum atomic E-state index is 0.0328. The van der Waals surface area contributed by atoms with Gasteiger partial charge < -0.3 is 19.3 Å². The topological polar surface area (TPSA) is 59.1 Å². The van der Waals surface area contributed by atoms with E-state index in [1.54, 1.807) is 0 Å². The Morgan fingerprint density at radius 1 is 1.09 bits per heavy atom. The maximum atomic E-state index is 13.4. The lowest BCUT2D eigenvalue weighted by Crippen LogP contribution is -2.46. The number of para-hydroxylation sites is 1. The van der Waals surface area contributed by atoms with Crippen molar-refractivity contribution in [3.8, 4) is 5.75 Å². The number of carbonyl (C=O) groups is 2. The summed E-state index contributed by atoms with van der Waals surface area (Å²) in [7, 11) is 0. The van der Waals surface area contributed by atoms with Crippen LogP contribution in [0, 0.1) is 11.3 Å². The lowest BCUT2D eigenvalue weighted by molar-refractivity contribution is -0.134. The highest BCUT2D eigenvalue weighted by Crippen LogP contribution is 2.38. The van der Waals surface area contributed by atoms with Crippen molar-refractivity contribution >= 4 is 11.8 Å². The van der Waals surface area contributed by atoms with Crippen molar-refractivity contribution in [2.24, 2.45) is 11.3 Å². The van der Waals surface area contributed by atoms with E-state index in [2.05, 4.69) is 13.8 Å². The average molecular weight is 457 g/mol. The summed E-state index contributed by atoms with van der Waals surface area (Å²) in [5.74, 6) is 1.39. The number of nitrogens with zero attached hydrogens (tertiary/aromatic N) is 2. The Bertz CT molecular complexity index is 816. The van der Waals surface area contributed by atoms with Crippen LogP contribution in [0.1, 0.15) is 75.6 Å². The summed E-state index contributed by atoms with van der Waals surface area (Å²) < 4.78 is 12.4. The molecule has 2 amide bonds. The quantitative estimate of drug-likeness (QED) is 0.656. The van der Waals surface area contributed by atoms with Crippen LogP contribution in [0.25, 0.3) is 0 Å². The molecule has 0 radical (unpaired) electrons. The first-order valence-electron chi connectivity index (χ1n) is 12.9. The molecular formula is C27H40N2O4. The molecule has 1 aromatic rings. The van der Waals surface area contributed by atoms with Crippen LogP contribution in [0.5, 0.6) is 5.75 Å². The number of fused-ring (bicyclic) bond motifs is 2. The molecule has 3 aliphatic heterocycles. The SMILES string of the molecule is CC(C)CC(=O)N1CCC2(CCCCOC[C@@H]3CCCN3C(=O)c3ccccc3OC2)CC1. The number of ether oxygens (including phenoxy) is 2. The monoisotopic (exact) mass is 456 g/mol. The van der Waals surface area contributed by atoms with Crippen molar-refractivity contribution < 1.29 is 19.1 Å². The second kappa shape index (κ2) is 10.9. The minimum absolute atomic E-state index is 0.0328. The van der Waals surface area contributed by atoms with Crippen LogP contribution in [0.2, 0.25) is 0 Å². The van der Waals surface area contributed by atoms with E-state index in [0.717, 1.165) is 71.2 Å². The van der Waals surface area contributed by atoms with Gasteiger partial charge >= 0.3 is 0 Å². The molecule has 0 N–H and O–H groups in total. The Morgan fingerprint density at radius 3 is 2.67 bits per heavy atom. The predicted molar refractivity (Wildman–Crippen MR) is 128 cm³/mol. The zero-order valence-electron chi connectivity index (χ0n) is 20.4. The number of amides is 2. The number of benzene rings is 1. The van der Waals surface area contributed by atoms with Crippen molar-refractivity contribution in [3.63, 3.8) is 0 Å². The van der Waals surface area contributed by atoms with Gasteiger partial charge in [-0.3, -0.25) is 9.59 Å². The maximum Gasteiger partial charge on any atom is 0.257 e. The summed E-state index contributed by atoms with van der Waals surface area (Å²) in [4.78, 5) is 30.0. The molecule has 0 bridgehead atoms. The van der Waals surface area contributed by atoms with E-state index in [4.69, 9.17) is 9.47 Å². The molecule has 0 saturated carbocycles. The first-order chi connectivity index (χ1) is 16.0. The third kappa shape index (κ3) is 5.89. The summed E-state index contributed by atoms with van der Waals surface area (Å²) in [6.07, 6.45) is 7.72. The molecule has 182 valence electrons. The molecule has 6 heteroatoms. The summed E-state index contributed by atoms with van der Waals surface area (Å²) in [5, 5.41) is 0. The Balaban J connectivity index is 1.50. The predicted octanol–water partition coefficient (Wildman–Crippen LogP) is 4.53. The fourth-order valence-corrected chi connectivity index (χ4v) is 5.53. The number of carbonyl (C=O) groups excluding carboxylic acids is 2. The largest absolute Gasteiger partial charge is 0.492 e. The molecule has 3 aliphatic rings. The van der Waals surface area contributed by atoms with Gasteiger partial charge in [0.15, 0.2) is 0 Å². The second-order valence-electron chi connectivity index (χ2n) is 10.6. The van der Waals surface area contributed by atoms with Gasteiger partial charge in [0.05, 0.1) is 24.8 Å². The lowest BCUT2D eigenvalue weighted by atomic mass is 9.75. The highest BCUT2D eigenvalue weighted by Gasteiger charge is 2.37. The fourth-order valence-electron chi connectivity index (χ4n) is 5.53. The Hall–Kier alpha value is -2.08. The Labute approximate surface area is 198 Å². The van der Waals surface area contributed by atoms with Crippen LogP contribution in [-0.4, -0.2) is 67.1 Å². The number of piperidine rings is 1. The molecule has 33 heavy (non-hydrogen) atoms. The number of likely N-dealkylation sites (tertiary alicyclic amines) is 1. The van der Waals surface area contributed by atoms with Crippen molar-refractivity contribution in [1.29, 1.82) is 0 Å². The van der Waals surface area contributed by atoms with E-state index in [0.29, 0.717) is 36.9 Å². The first-order valence-corrected chi connectivity index (χ1v) is 12.9. The molecule has 2 fully saturated rings. The van der Waals surface area contributed by atoms with Gasteiger partial charge in [0.1, 0.15) is 5.75 Å². The minimum Gasteiger partial charge on any atom is -0.492 e. The van der Waals surface area contributed by atoms with E-state index in [-0.39, 0.29) is 23.3 Å². The van der Waals surface area contributed by atoms with Gasteiger partial charge in [0, 0.05) is 38.1 Å². The van der Waals surface area contributed by atoms with Crippen molar-refractivity contribution in [2.45, 2.75) is 71.3 Å². The maximum absolute atomic E-state index is 13.4. The standard InChI is InChI=1S/C27H40N2O4/c1-21(2)18-25(30)28-15-12-27(13-16-28)11-5-6-17-32-19-22-8-7-14-29(22)26(31)23-9-3-4-10-24(23)33-20-27/h3-4,9-10,21-22H,5-8,11-20H2,1-2H3/t22-/m0/s1. The van der Waals surface area contributed by atoms with Crippen molar-refractivity contribution in [2.75, 3.05) is 39.5 Å². The zero-order chi connectivity index (χ0) is 23.3. The van der Waals surface area contributed by atoms with E-state index in [1.807, 2.05) is 34.1 Å². The number of rotatable bonds is 2. The molecule has 2 saturated heterocycles. The van der Waals surface area contributed by atoms with Crippen LogP contribution in [0.4, 0.5) is 0 Å². The van der Waals surface area contributed by atoms with Crippen molar-refractivity contribution in [3.05, 3.63) is 29.8 Å². The highest BCUT2D eigenvalue weighted by molar-refractivity contribution is 5.97. The second-order valence-corrected chi connectivity index (χ2v) is 10.6. The molecule has 0 unspecified atom stereocenters. The number of hydrogen-bond acceptors (Lipinski definition) is 4. The molecule has 6 nitrogen and oxygen atoms in total. The Morgan fingerprint density at radius 2 is 1.88 bits per heavy atom. The van der Waals surface area contributed by atoms with Gasteiger partial charge in [-0.05, 0) is 56.6 Å². The normalized spacial score (nSPS) is 24.2. The van der Waals surface area contributed by atoms with Gasteiger partial charge in [-0.25, -0.2) is 0 Å². The van der Waals surface area contributed by atoms with Crippen LogP contribution < -0.4 is 4.74 Å². The zero-order valence-corrected chi connectivity index (χ0v) is 20.4. The van der Waals surface area contributed by atoms with E-state index in [1.165, 1.54) is 0 Å². The van der Waals surface area contributed by atoms with E-state index >= 15 is 0 Å². The summed E-state index contributed by atoms with van der Waals surface area (Å²) in [6.45, 7) is 8.51. The lowest BCUT2D eigenvalue weighted by Gasteiger charge is -2.42. The fraction of sp³-hybridized carbons (Fsp3) is 0.704. The van der Waals surface area contributed by atoms with Crippen LogP contribution in [-0.2, 0) is 9.53 Å². The molecule has 1 aromatic carbocycles. The molecule has 1 spiro atoms. The smallest absolute Gasteiger partial charge is 0.257 e. The van der Waals surface area contributed by atoms with Crippen LogP contribution >= 0.6 is 0 Å². The molecular weight excluding hydrogens is 416 g/mol. The molecule has 4 rings (SSSR count). The highest BCUT2D eigenvalue weighted by atomic mass is 16.5. The third-order valence-corrected chi connectivity index (χ3v) is 7.61. The summed E-state index contributed by atoms with van der Waals surface area (Å²) >= 11 is 0. The molecule has 0 aliphatic carbocycles. The van der Waals surface area contributed by atoms with Gasteiger partial charge in [-0.15, -0.1) is 0 Å². The number of hydrogen-bond donors (Lipinski definition) is 0. The van der Waals surface area contributed by atoms with Crippen LogP contribution in [0.3, 0.4) is 0 Å². The van der Waals surface area contributed by atoms with Gasteiger partial charge in [-0.1, -0.05) is 32.4 Å². The molecule has 0 aromatic heterocycles. The average Bonchev–Trinajstić information content (AvgIpc) is 3.28. The third-order valence-electron chi connectivity index (χ3n) is 7.61. The van der Waals surface area contributed by atoms with Crippen molar-refractivity contribution in [1.82, 2.24) is 9.80 Å². The molecule has 3 heterocycles. The van der Waals surface area contributed by atoms with E-state index in [9.17, 15) is 9.59 Å². The summed E-state index contributed by atoms with van der Waals surface area (Å²) in [6, 6.07) is 7.83. The first kappa shape index (κ1) is 24.1.